The fraction of sp³-hybridized carbons (Fsp3) is 1.00. The maximum atomic E-state index is 12.6. The Labute approximate surface area is 99.0 Å². The third-order valence-electron chi connectivity index (χ3n) is 3.10. The lowest BCUT2D eigenvalue weighted by Crippen LogP contribution is -2.39. The van der Waals surface area contributed by atoms with Gasteiger partial charge in [0.25, 0.3) is 0 Å². The van der Waals surface area contributed by atoms with Crippen molar-refractivity contribution >= 4 is 10.0 Å². The Kier molecular flexibility index (Phi) is 4.43. The highest BCUT2D eigenvalue weighted by Gasteiger charge is 2.45. The average molecular weight is 274 g/mol. The van der Waals surface area contributed by atoms with Gasteiger partial charge in [0, 0.05) is 19.1 Å². The molecule has 1 aliphatic rings. The van der Waals surface area contributed by atoms with Gasteiger partial charge in [-0.3, -0.25) is 0 Å². The lowest BCUT2D eigenvalue weighted by molar-refractivity contribution is -0.180. The molecule has 2 atom stereocenters. The van der Waals surface area contributed by atoms with E-state index >= 15 is 0 Å². The topological polar surface area (TPSA) is 63.4 Å². The van der Waals surface area contributed by atoms with Crippen LogP contribution in [0.4, 0.5) is 13.2 Å². The molecule has 1 heterocycles. The molecular weight excluding hydrogens is 257 g/mol. The van der Waals surface area contributed by atoms with Gasteiger partial charge in [-0.2, -0.15) is 13.2 Å². The van der Waals surface area contributed by atoms with Gasteiger partial charge in [-0.25, -0.2) is 12.7 Å². The van der Waals surface area contributed by atoms with Crippen molar-refractivity contribution in [3.8, 4) is 0 Å². The average Bonchev–Trinajstić information content (AvgIpc) is 2.39. The number of rotatable bonds is 2. The van der Waals surface area contributed by atoms with Gasteiger partial charge in [-0.05, 0) is 19.8 Å². The number of hydrogen-bond acceptors (Lipinski definition) is 3. The van der Waals surface area contributed by atoms with Crippen LogP contribution in [-0.2, 0) is 10.0 Å². The molecule has 0 aromatic heterocycles. The molecule has 2 N–H and O–H groups in total. The quantitative estimate of drug-likeness (QED) is 0.815. The second kappa shape index (κ2) is 5.11. The minimum atomic E-state index is -4.36. The Morgan fingerprint density at radius 3 is 2.29 bits per heavy atom. The molecule has 1 saturated heterocycles. The van der Waals surface area contributed by atoms with Crippen LogP contribution >= 0.6 is 0 Å². The zero-order valence-corrected chi connectivity index (χ0v) is 10.4. The van der Waals surface area contributed by atoms with E-state index in [1.54, 1.807) is 0 Å². The summed E-state index contributed by atoms with van der Waals surface area (Å²) in [5.74, 6) is -1.71. The first kappa shape index (κ1) is 14.7. The molecule has 4 nitrogen and oxygen atoms in total. The molecule has 0 saturated carbocycles. The van der Waals surface area contributed by atoms with Crippen molar-refractivity contribution in [3.63, 3.8) is 0 Å². The molecule has 1 fully saturated rings. The molecule has 102 valence electrons. The highest BCUT2D eigenvalue weighted by Crippen LogP contribution is 2.34. The van der Waals surface area contributed by atoms with Gasteiger partial charge >= 0.3 is 6.18 Å². The van der Waals surface area contributed by atoms with Gasteiger partial charge in [0.2, 0.25) is 10.0 Å². The summed E-state index contributed by atoms with van der Waals surface area (Å²) in [6.45, 7) is 1.44. The SMILES string of the molecule is CCS(=O)(=O)N1CCC(N)C(C(F)(F)F)CC1. The van der Waals surface area contributed by atoms with E-state index in [9.17, 15) is 21.6 Å². The number of nitrogens with two attached hydrogens (primary N) is 1. The highest BCUT2D eigenvalue weighted by molar-refractivity contribution is 7.89. The van der Waals surface area contributed by atoms with E-state index in [1.165, 1.54) is 6.92 Å². The van der Waals surface area contributed by atoms with Crippen LogP contribution in [0.2, 0.25) is 0 Å². The zero-order chi connectivity index (χ0) is 13.3. The second-order valence-corrected chi connectivity index (χ2v) is 6.45. The molecule has 2 unspecified atom stereocenters. The van der Waals surface area contributed by atoms with Crippen molar-refractivity contribution in [3.05, 3.63) is 0 Å². The molecule has 17 heavy (non-hydrogen) atoms. The van der Waals surface area contributed by atoms with E-state index in [1.807, 2.05) is 0 Å². The third kappa shape index (κ3) is 3.56. The summed E-state index contributed by atoms with van der Waals surface area (Å²) in [6, 6.07) is -1.02. The fourth-order valence-corrected chi connectivity index (χ4v) is 3.10. The van der Waals surface area contributed by atoms with Gasteiger partial charge in [-0.1, -0.05) is 0 Å². The van der Waals surface area contributed by atoms with Crippen molar-refractivity contribution in [1.82, 2.24) is 4.31 Å². The van der Waals surface area contributed by atoms with Crippen molar-refractivity contribution in [2.75, 3.05) is 18.8 Å². The van der Waals surface area contributed by atoms with Crippen LogP contribution in [-0.4, -0.2) is 43.8 Å². The van der Waals surface area contributed by atoms with Gasteiger partial charge in [-0.15, -0.1) is 0 Å². The predicted molar refractivity (Wildman–Crippen MR) is 57.8 cm³/mol. The van der Waals surface area contributed by atoms with Crippen LogP contribution in [0.3, 0.4) is 0 Å². The van der Waals surface area contributed by atoms with Crippen molar-refractivity contribution in [2.45, 2.75) is 32.0 Å². The highest BCUT2D eigenvalue weighted by atomic mass is 32.2. The van der Waals surface area contributed by atoms with E-state index in [4.69, 9.17) is 5.73 Å². The van der Waals surface area contributed by atoms with Crippen LogP contribution in [0.25, 0.3) is 0 Å². The first-order valence-electron chi connectivity index (χ1n) is 5.48. The number of alkyl halides is 3. The summed E-state index contributed by atoms with van der Waals surface area (Å²) < 4.78 is 62.1. The Morgan fingerprint density at radius 1 is 1.29 bits per heavy atom. The summed E-state index contributed by atoms with van der Waals surface area (Å²) in [5.41, 5.74) is 5.47. The molecule has 0 spiro atoms. The van der Waals surface area contributed by atoms with E-state index in [0.717, 1.165) is 4.31 Å². The second-order valence-electron chi connectivity index (χ2n) is 4.19. The Morgan fingerprint density at radius 2 is 1.82 bits per heavy atom. The van der Waals surface area contributed by atoms with Gasteiger partial charge < -0.3 is 5.73 Å². The van der Waals surface area contributed by atoms with Crippen molar-refractivity contribution in [2.24, 2.45) is 11.7 Å². The van der Waals surface area contributed by atoms with Gasteiger partial charge in [0.15, 0.2) is 0 Å². The van der Waals surface area contributed by atoms with E-state index in [0.29, 0.717) is 0 Å². The standard InChI is InChI=1S/C9H17F3N2O2S/c1-2-17(15,16)14-5-3-7(9(10,11)12)8(13)4-6-14/h7-8H,2-6,13H2,1H3. The molecule has 1 aliphatic heterocycles. The Bertz CT molecular complexity index is 356. The lowest BCUT2D eigenvalue weighted by atomic mass is 9.95. The summed E-state index contributed by atoms with van der Waals surface area (Å²) in [7, 11) is -3.43. The third-order valence-corrected chi connectivity index (χ3v) is 4.98. The van der Waals surface area contributed by atoms with Crippen molar-refractivity contribution < 1.29 is 21.6 Å². The van der Waals surface area contributed by atoms with Crippen LogP contribution in [0, 0.1) is 5.92 Å². The normalized spacial score (nSPS) is 29.0. The maximum Gasteiger partial charge on any atom is 0.393 e. The smallest absolute Gasteiger partial charge is 0.327 e. The Hall–Kier alpha value is -0.340. The molecule has 1 rings (SSSR count). The molecule has 8 heteroatoms. The summed E-state index contributed by atoms with van der Waals surface area (Å²) in [4.78, 5) is 0. The minimum absolute atomic E-state index is 0.0450. The molecule has 0 aromatic carbocycles. The van der Waals surface area contributed by atoms with Crippen LogP contribution in [0.1, 0.15) is 19.8 Å². The van der Waals surface area contributed by atoms with E-state index in [-0.39, 0.29) is 31.7 Å². The number of hydrogen-bond donors (Lipinski definition) is 1. The molecule has 0 bridgehead atoms. The molecule has 0 radical (unpaired) electrons. The van der Waals surface area contributed by atoms with Crippen LogP contribution in [0.5, 0.6) is 0 Å². The summed E-state index contributed by atoms with van der Waals surface area (Å²) >= 11 is 0. The van der Waals surface area contributed by atoms with Crippen molar-refractivity contribution in [1.29, 1.82) is 0 Å². The van der Waals surface area contributed by atoms with Crippen LogP contribution < -0.4 is 5.73 Å². The van der Waals surface area contributed by atoms with Gasteiger partial charge in [0.1, 0.15) is 0 Å². The minimum Gasteiger partial charge on any atom is -0.327 e. The predicted octanol–water partition coefficient (Wildman–Crippen LogP) is 0.938. The largest absolute Gasteiger partial charge is 0.393 e. The fourth-order valence-electron chi connectivity index (χ4n) is 1.97. The monoisotopic (exact) mass is 274 g/mol. The Balaban J connectivity index is 2.79. The first-order valence-corrected chi connectivity index (χ1v) is 7.09. The molecule has 0 amide bonds. The van der Waals surface area contributed by atoms with E-state index < -0.39 is 28.2 Å². The lowest BCUT2D eigenvalue weighted by Gasteiger charge is -2.23. The molecule has 0 aromatic rings. The van der Waals surface area contributed by atoms with Crippen LogP contribution in [0.15, 0.2) is 0 Å². The molecule has 0 aliphatic carbocycles. The maximum absolute atomic E-state index is 12.6. The van der Waals surface area contributed by atoms with Gasteiger partial charge in [0.05, 0.1) is 11.7 Å². The zero-order valence-electron chi connectivity index (χ0n) is 9.57. The first-order chi connectivity index (χ1) is 7.68. The summed E-state index contributed by atoms with van der Waals surface area (Å²) in [6.07, 6.45) is -4.57. The summed E-state index contributed by atoms with van der Waals surface area (Å²) in [5, 5.41) is 0. The van der Waals surface area contributed by atoms with E-state index in [2.05, 4.69) is 0 Å². The number of nitrogens with zero attached hydrogens (tertiary/aromatic N) is 1. The number of halogens is 3. The number of sulfonamides is 1. The molecular formula is C9H17F3N2O2S.